The fourth-order valence-corrected chi connectivity index (χ4v) is 4.23. The zero-order chi connectivity index (χ0) is 21.1. The molecule has 0 saturated heterocycles. The summed E-state index contributed by atoms with van der Waals surface area (Å²) in [6.07, 6.45) is 6.42. The van der Waals surface area contributed by atoms with Crippen molar-refractivity contribution >= 4 is 27.3 Å². The van der Waals surface area contributed by atoms with E-state index in [9.17, 15) is 13.2 Å². The van der Waals surface area contributed by atoms with E-state index >= 15 is 0 Å². The first-order chi connectivity index (χ1) is 13.7. The zero-order valence-corrected chi connectivity index (χ0v) is 18.2. The Kier molecular flexibility index (Phi) is 6.32. The Balaban J connectivity index is 1.62. The third kappa shape index (κ3) is 5.38. The molecule has 1 saturated carbocycles. The van der Waals surface area contributed by atoms with Crippen LogP contribution in [0, 0.1) is 0 Å². The largest absolute Gasteiger partial charge is 0.322 e. The van der Waals surface area contributed by atoms with Gasteiger partial charge >= 0.3 is 0 Å². The predicted octanol–water partition coefficient (Wildman–Crippen LogP) is 5.53. The van der Waals surface area contributed by atoms with Crippen LogP contribution in [0.2, 0.25) is 0 Å². The highest BCUT2D eigenvalue weighted by molar-refractivity contribution is 7.94. The molecule has 1 aliphatic rings. The maximum Gasteiger partial charge on any atom is 0.255 e. The Morgan fingerprint density at radius 3 is 1.97 bits per heavy atom. The molecule has 0 bridgehead atoms. The topological polar surface area (TPSA) is 75.3 Å². The summed E-state index contributed by atoms with van der Waals surface area (Å²) in [5, 5.41) is 2.90. The first-order valence-electron chi connectivity index (χ1n) is 10.2. The summed E-state index contributed by atoms with van der Waals surface area (Å²) in [4.78, 5) is 12.5. The Hall–Kier alpha value is -2.34. The second-order valence-electron chi connectivity index (χ2n) is 8.71. The van der Waals surface area contributed by atoms with Gasteiger partial charge < -0.3 is 5.32 Å². The van der Waals surface area contributed by atoms with Crippen molar-refractivity contribution in [2.75, 3.05) is 10.0 Å². The van der Waals surface area contributed by atoms with Crippen molar-refractivity contribution in [3.8, 4) is 0 Å². The second kappa shape index (κ2) is 8.57. The highest BCUT2D eigenvalue weighted by Crippen LogP contribution is 2.33. The lowest BCUT2D eigenvalue weighted by molar-refractivity contribution is 0.102. The predicted molar refractivity (Wildman–Crippen MR) is 119 cm³/mol. The Morgan fingerprint density at radius 2 is 1.41 bits per heavy atom. The van der Waals surface area contributed by atoms with E-state index in [-0.39, 0.29) is 5.91 Å². The average molecular weight is 415 g/mol. The molecular weight excluding hydrogens is 384 g/mol. The number of benzene rings is 2. The molecule has 0 radical (unpaired) electrons. The number of hydrogen-bond donors (Lipinski definition) is 2. The SMILES string of the molecule is CC(C)(C)S(=O)(=O)Nc1ccc(C(=O)Nc2ccc(C3CCCCC3)cc2)cc1. The minimum atomic E-state index is -3.50. The number of anilines is 2. The smallest absolute Gasteiger partial charge is 0.255 e. The Morgan fingerprint density at radius 1 is 0.862 bits per heavy atom. The number of hydrogen-bond acceptors (Lipinski definition) is 3. The summed E-state index contributed by atoms with van der Waals surface area (Å²) >= 11 is 0. The van der Waals surface area contributed by atoms with E-state index in [4.69, 9.17) is 0 Å². The van der Waals surface area contributed by atoms with Crippen molar-refractivity contribution < 1.29 is 13.2 Å². The molecule has 5 nitrogen and oxygen atoms in total. The molecule has 0 unspecified atom stereocenters. The van der Waals surface area contributed by atoms with E-state index in [1.54, 1.807) is 45.0 Å². The van der Waals surface area contributed by atoms with Crippen molar-refractivity contribution in [1.29, 1.82) is 0 Å². The average Bonchev–Trinajstić information content (AvgIpc) is 2.68. The van der Waals surface area contributed by atoms with E-state index in [2.05, 4.69) is 22.2 Å². The van der Waals surface area contributed by atoms with Crippen LogP contribution in [0.4, 0.5) is 11.4 Å². The first kappa shape index (κ1) is 21.4. The van der Waals surface area contributed by atoms with Gasteiger partial charge in [-0.2, -0.15) is 0 Å². The van der Waals surface area contributed by atoms with Crippen LogP contribution in [0.5, 0.6) is 0 Å². The molecule has 0 spiro atoms. The van der Waals surface area contributed by atoms with Crippen molar-refractivity contribution in [2.24, 2.45) is 0 Å². The molecule has 6 heteroatoms. The normalized spacial score (nSPS) is 15.7. The van der Waals surface area contributed by atoms with Gasteiger partial charge in [0.25, 0.3) is 5.91 Å². The van der Waals surface area contributed by atoms with Gasteiger partial charge in [0.05, 0.1) is 4.75 Å². The van der Waals surface area contributed by atoms with Crippen LogP contribution in [0.3, 0.4) is 0 Å². The molecule has 29 heavy (non-hydrogen) atoms. The van der Waals surface area contributed by atoms with Crippen molar-refractivity contribution in [3.63, 3.8) is 0 Å². The third-order valence-electron chi connectivity index (χ3n) is 5.45. The number of rotatable bonds is 5. The number of nitrogens with one attached hydrogen (secondary N) is 2. The van der Waals surface area contributed by atoms with Crippen molar-refractivity contribution in [2.45, 2.75) is 63.5 Å². The number of carbonyl (C=O) groups excluding carboxylic acids is 1. The number of amides is 1. The summed E-state index contributed by atoms with van der Waals surface area (Å²) in [5.41, 5.74) is 3.01. The van der Waals surface area contributed by atoms with E-state index in [0.717, 1.165) is 5.69 Å². The van der Waals surface area contributed by atoms with Crippen LogP contribution in [0.25, 0.3) is 0 Å². The number of carbonyl (C=O) groups is 1. The van der Waals surface area contributed by atoms with Gasteiger partial charge in [-0.05, 0) is 81.5 Å². The van der Waals surface area contributed by atoms with Crippen molar-refractivity contribution in [1.82, 2.24) is 0 Å². The zero-order valence-electron chi connectivity index (χ0n) is 17.4. The van der Waals surface area contributed by atoms with Gasteiger partial charge in [0.2, 0.25) is 10.0 Å². The maximum atomic E-state index is 12.5. The summed E-state index contributed by atoms with van der Waals surface area (Å²) < 4.78 is 26.1. The highest BCUT2D eigenvalue weighted by atomic mass is 32.2. The summed E-state index contributed by atoms with van der Waals surface area (Å²) in [6, 6.07) is 14.6. The Bertz CT molecular complexity index is 937. The molecular formula is C23H30N2O3S. The van der Waals surface area contributed by atoms with Crippen LogP contribution < -0.4 is 10.0 Å². The monoisotopic (exact) mass is 414 g/mol. The molecule has 1 aliphatic carbocycles. The van der Waals surface area contributed by atoms with E-state index < -0.39 is 14.8 Å². The molecule has 3 rings (SSSR count). The molecule has 1 amide bonds. The van der Waals surface area contributed by atoms with Gasteiger partial charge in [0.1, 0.15) is 0 Å². The lowest BCUT2D eigenvalue weighted by Crippen LogP contribution is -2.33. The molecule has 2 aromatic carbocycles. The molecule has 0 atom stereocenters. The first-order valence-corrected chi connectivity index (χ1v) is 11.7. The van der Waals surface area contributed by atoms with Crippen LogP contribution in [0.15, 0.2) is 48.5 Å². The van der Waals surface area contributed by atoms with Crippen LogP contribution in [-0.2, 0) is 10.0 Å². The van der Waals surface area contributed by atoms with Crippen LogP contribution >= 0.6 is 0 Å². The van der Waals surface area contributed by atoms with E-state index in [0.29, 0.717) is 17.2 Å². The summed E-state index contributed by atoms with van der Waals surface area (Å²) in [6.45, 7) is 4.91. The fourth-order valence-electron chi connectivity index (χ4n) is 3.48. The number of sulfonamides is 1. The summed E-state index contributed by atoms with van der Waals surface area (Å²) in [5.74, 6) is 0.415. The standard InChI is InChI=1S/C23H30N2O3S/c1-23(2,3)29(27,28)25-21-15-11-19(12-16-21)22(26)24-20-13-9-18(10-14-20)17-7-5-4-6-8-17/h9-17,25H,4-8H2,1-3H3,(H,24,26). The molecule has 2 N–H and O–H groups in total. The van der Waals surface area contributed by atoms with E-state index in [1.165, 1.54) is 37.7 Å². The summed E-state index contributed by atoms with van der Waals surface area (Å²) in [7, 11) is -3.50. The van der Waals surface area contributed by atoms with Gasteiger partial charge in [-0.1, -0.05) is 31.4 Å². The molecule has 0 aliphatic heterocycles. The second-order valence-corrected chi connectivity index (χ2v) is 11.1. The van der Waals surface area contributed by atoms with Gasteiger partial charge in [-0.15, -0.1) is 0 Å². The molecule has 0 aromatic heterocycles. The van der Waals surface area contributed by atoms with E-state index in [1.807, 2.05) is 12.1 Å². The molecule has 156 valence electrons. The maximum absolute atomic E-state index is 12.5. The van der Waals surface area contributed by atoms with Gasteiger partial charge in [-0.25, -0.2) is 8.42 Å². The third-order valence-corrected chi connectivity index (χ3v) is 7.57. The van der Waals surface area contributed by atoms with Gasteiger partial charge in [-0.3, -0.25) is 9.52 Å². The van der Waals surface area contributed by atoms with Crippen LogP contribution in [0.1, 0.15) is 74.7 Å². The molecule has 1 fully saturated rings. The van der Waals surface area contributed by atoms with Gasteiger partial charge in [0, 0.05) is 16.9 Å². The fraction of sp³-hybridized carbons (Fsp3) is 0.435. The van der Waals surface area contributed by atoms with Crippen LogP contribution in [-0.4, -0.2) is 19.1 Å². The quantitative estimate of drug-likeness (QED) is 0.676. The lowest BCUT2D eigenvalue weighted by Gasteiger charge is -2.22. The Labute approximate surface area is 174 Å². The minimum Gasteiger partial charge on any atom is -0.322 e. The van der Waals surface area contributed by atoms with Crippen molar-refractivity contribution in [3.05, 3.63) is 59.7 Å². The van der Waals surface area contributed by atoms with Gasteiger partial charge in [0.15, 0.2) is 0 Å². The highest BCUT2D eigenvalue weighted by Gasteiger charge is 2.28. The molecule has 2 aromatic rings. The molecule has 0 heterocycles. The minimum absolute atomic E-state index is 0.222. The lowest BCUT2D eigenvalue weighted by atomic mass is 9.84.